The van der Waals surface area contributed by atoms with Gasteiger partial charge in [0.1, 0.15) is 12.1 Å². The molecular weight excluding hydrogens is 256 g/mol. The highest BCUT2D eigenvalue weighted by Crippen LogP contribution is 2.13. The first-order valence-corrected chi connectivity index (χ1v) is 6.36. The average molecular weight is 272 g/mol. The Hall–Kier alpha value is -2.43. The Bertz CT molecular complexity index is 658. The van der Waals surface area contributed by atoms with Crippen LogP contribution in [0.1, 0.15) is 29.5 Å². The van der Waals surface area contributed by atoms with E-state index in [9.17, 15) is 9.59 Å². The van der Waals surface area contributed by atoms with Crippen molar-refractivity contribution in [2.45, 2.75) is 19.8 Å². The first-order valence-electron chi connectivity index (χ1n) is 6.36. The number of fused-ring (bicyclic) bond motifs is 1. The van der Waals surface area contributed by atoms with E-state index in [1.54, 1.807) is 25.1 Å². The van der Waals surface area contributed by atoms with Gasteiger partial charge in [-0.05, 0) is 31.5 Å². The van der Waals surface area contributed by atoms with E-state index in [1.165, 1.54) is 0 Å². The van der Waals surface area contributed by atoms with Crippen molar-refractivity contribution in [1.29, 1.82) is 0 Å². The maximum Gasteiger partial charge on any atom is 0.333 e. The number of ether oxygens (including phenoxy) is 1. The quantitative estimate of drug-likeness (QED) is 0.379. The van der Waals surface area contributed by atoms with Crippen molar-refractivity contribution in [3.8, 4) is 0 Å². The molecule has 0 bridgehead atoms. The smallest absolute Gasteiger partial charge is 0.333 e. The highest BCUT2D eigenvalue weighted by molar-refractivity contribution is 5.87. The molecule has 1 heterocycles. The van der Waals surface area contributed by atoms with Gasteiger partial charge in [-0.3, -0.25) is 4.79 Å². The van der Waals surface area contributed by atoms with E-state index in [2.05, 4.69) is 16.5 Å². The maximum absolute atomic E-state index is 11.2. The Morgan fingerprint density at radius 3 is 3.00 bits per heavy atom. The van der Waals surface area contributed by atoms with E-state index in [4.69, 9.17) is 4.74 Å². The number of nitrogens with one attached hydrogen (secondary N) is 1. The van der Waals surface area contributed by atoms with Crippen LogP contribution in [-0.2, 0) is 16.0 Å². The second-order valence-corrected chi connectivity index (χ2v) is 4.60. The summed E-state index contributed by atoms with van der Waals surface area (Å²) in [5, 5.41) is 0. The van der Waals surface area contributed by atoms with E-state index in [-0.39, 0.29) is 5.97 Å². The number of nitrogens with zero attached hydrogens (tertiary/aromatic N) is 1. The van der Waals surface area contributed by atoms with Crippen LogP contribution in [0.4, 0.5) is 0 Å². The SMILES string of the molecule is C=C(C)C(=O)OCCCc1nc2ccc(C=O)cc2[nH]1. The average Bonchev–Trinajstić information content (AvgIpc) is 2.84. The first kappa shape index (κ1) is 14.0. The van der Waals surface area contributed by atoms with Crippen LogP contribution in [-0.4, -0.2) is 28.8 Å². The van der Waals surface area contributed by atoms with Gasteiger partial charge >= 0.3 is 5.97 Å². The lowest BCUT2D eigenvalue weighted by Crippen LogP contribution is -2.07. The van der Waals surface area contributed by atoms with Crippen molar-refractivity contribution in [3.63, 3.8) is 0 Å². The third kappa shape index (κ3) is 3.32. The number of aromatic amines is 1. The van der Waals surface area contributed by atoms with Crippen LogP contribution in [0.3, 0.4) is 0 Å². The van der Waals surface area contributed by atoms with E-state index >= 15 is 0 Å². The molecule has 1 aromatic carbocycles. The highest BCUT2D eigenvalue weighted by atomic mass is 16.5. The van der Waals surface area contributed by atoms with Gasteiger partial charge in [0.25, 0.3) is 0 Å². The molecule has 2 aromatic rings. The molecule has 0 saturated carbocycles. The van der Waals surface area contributed by atoms with Gasteiger partial charge in [-0.15, -0.1) is 0 Å². The zero-order valence-corrected chi connectivity index (χ0v) is 11.3. The minimum atomic E-state index is -0.370. The normalized spacial score (nSPS) is 10.4. The molecule has 0 atom stereocenters. The summed E-state index contributed by atoms with van der Waals surface area (Å²) >= 11 is 0. The minimum Gasteiger partial charge on any atom is -0.462 e. The molecule has 0 spiro atoms. The number of benzene rings is 1. The number of esters is 1. The Balaban J connectivity index is 1.92. The molecule has 0 radical (unpaired) electrons. The van der Waals surface area contributed by atoms with Crippen LogP contribution in [0, 0.1) is 0 Å². The Morgan fingerprint density at radius 1 is 1.50 bits per heavy atom. The fourth-order valence-electron chi connectivity index (χ4n) is 1.80. The monoisotopic (exact) mass is 272 g/mol. The molecule has 0 unspecified atom stereocenters. The Kier molecular flexibility index (Phi) is 4.30. The fourth-order valence-corrected chi connectivity index (χ4v) is 1.80. The van der Waals surface area contributed by atoms with Crippen LogP contribution in [0.15, 0.2) is 30.4 Å². The number of carbonyl (C=O) groups excluding carboxylic acids is 2. The molecule has 1 N–H and O–H groups in total. The van der Waals surface area contributed by atoms with Crippen molar-refractivity contribution in [2.24, 2.45) is 0 Å². The van der Waals surface area contributed by atoms with Crippen LogP contribution >= 0.6 is 0 Å². The van der Waals surface area contributed by atoms with Gasteiger partial charge < -0.3 is 9.72 Å². The summed E-state index contributed by atoms with van der Waals surface area (Å²) in [6.07, 6.45) is 2.16. The van der Waals surface area contributed by atoms with E-state index in [0.717, 1.165) is 23.1 Å². The molecule has 104 valence electrons. The molecule has 5 heteroatoms. The standard InChI is InChI=1S/C15H16N2O3/c1-10(2)15(19)20-7-3-4-14-16-12-6-5-11(9-18)8-13(12)17-14/h5-6,8-9H,1,3-4,7H2,2H3,(H,16,17). The summed E-state index contributed by atoms with van der Waals surface area (Å²) < 4.78 is 5.01. The number of H-pyrrole nitrogens is 1. The molecule has 2 rings (SSSR count). The van der Waals surface area contributed by atoms with E-state index in [0.29, 0.717) is 30.6 Å². The van der Waals surface area contributed by atoms with Crippen molar-refractivity contribution in [2.75, 3.05) is 6.61 Å². The third-order valence-corrected chi connectivity index (χ3v) is 2.83. The Morgan fingerprint density at radius 2 is 2.30 bits per heavy atom. The summed E-state index contributed by atoms with van der Waals surface area (Å²) in [6, 6.07) is 5.30. The number of rotatable bonds is 6. The summed E-state index contributed by atoms with van der Waals surface area (Å²) in [5.74, 6) is 0.444. The largest absolute Gasteiger partial charge is 0.462 e. The van der Waals surface area contributed by atoms with Gasteiger partial charge in [0.05, 0.1) is 17.6 Å². The lowest BCUT2D eigenvalue weighted by atomic mass is 10.2. The van der Waals surface area contributed by atoms with Gasteiger partial charge in [0, 0.05) is 17.6 Å². The summed E-state index contributed by atoms with van der Waals surface area (Å²) in [4.78, 5) is 29.4. The second-order valence-electron chi connectivity index (χ2n) is 4.60. The van der Waals surface area contributed by atoms with Crippen LogP contribution in [0.5, 0.6) is 0 Å². The van der Waals surface area contributed by atoms with Crippen molar-refractivity contribution >= 4 is 23.3 Å². The number of carbonyl (C=O) groups is 2. The van der Waals surface area contributed by atoms with E-state index < -0.39 is 0 Å². The number of aromatic nitrogens is 2. The predicted molar refractivity (Wildman–Crippen MR) is 75.6 cm³/mol. The van der Waals surface area contributed by atoms with E-state index in [1.807, 2.05) is 0 Å². The maximum atomic E-state index is 11.2. The molecule has 0 aliphatic carbocycles. The summed E-state index contributed by atoms with van der Waals surface area (Å²) in [6.45, 7) is 5.47. The Labute approximate surface area is 116 Å². The lowest BCUT2D eigenvalue weighted by Gasteiger charge is -2.02. The molecule has 1 aromatic heterocycles. The van der Waals surface area contributed by atoms with Gasteiger partial charge in [-0.2, -0.15) is 0 Å². The zero-order valence-electron chi connectivity index (χ0n) is 11.3. The van der Waals surface area contributed by atoms with Gasteiger partial charge in [0.2, 0.25) is 0 Å². The van der Waals surface area contributed by atoms with Crippen molar-refractivity contribution in [1.82, 2.24) is 9.97 Å². The van der Waals surface area contributed by atoms with Gasteiger partial charge in [0.15, 0.2) is 0 Å². The molecular formula is C15H16N2O3. The van der Waals surface area contributed by atoms with Crippen molar-refractivity contribution in [3.05, 3.63) is 41.7 Å². The predicted octanol–water partition coefficient (Wildman–Crippen LogP) is 2.43. The van der Waals surface area contributed by atoms with Crippen molar-refractivity contribution < 1.29 is 14.3 Å². The van der Waals surface area contributed by atoms with Crippen LogP contribution in [0.2, 0.25) is 0 Å². The molecule has 0 aliphatic heterocycles. The lowest BCUT2D eigenvalue weighted by molar-refractivity contribution is -0.139. The molecule has 20 heavy (non-hydrogen) atoms. The number of hydrogen-bond acceptors (Lipinski definition) is 4. The number of imidazole rings is 1. The minimum absolute atomic E-state index is 0.336. The number of aryl methyl sites for hydroxylation is 1. The fraction of sp³-hybridized carbons (Fsp3) is 0.267. The molecule has 0 fully saturated rings. The second kappa shape index (κ2) is 6.14. The third-order valence-electron chi connectivity index (χ3n) is 2.83. The first-order chi connectivity index (χ1) is 9.60. The molecule has 0 saturated heterocycles. The highest BCUT2D eigenvalue weighted by Gasteiger charge is 2.05. The molecule has 0 aliphatic rings. The summed E-state index contributed by atoms with van der Waals surface area (Å²) in [7, 11) is 0. The topological polar surface area (TPSA) is 72.0 Å². The molecule has 5 nitrogen and oxygen atoms in total. The number of hydrogen-bond donors (Lipinski definition) is 1. The van der Waals surface area contributed by atoms with Gasteiger partial charge in [-0.1, -0.05) is 6.58 Å². The van der Waals surface area contributed by atoms with Crippen LogP contribution in [0.25, 0.3) is 11.0 Å². The molecule has 0 amide bonds. The zero-order chi connectivity index (χ0) is 14.5. The number of aldehydes is 1. The van der Waals surface area contributed by atoms with Crippen LogP contribution < -0.4 is 0 Å². The van der Waals surface area contributed by atoms with Gasteiger partial charge in [-0.25, -0.2) is 9.78 Å². The summed E-state index contributed by atoms with van der Waals surface area (Å²) in [5.41, 5.74) is 2.67.